The van der Waals surface area contributed by atoms with Crippen LogP contribution in [0.1, 0.15) is 0 Å². The van der Waals surface area contributed by atoms with E-state index in [9.17, 15) is 0 Å². The monoisotopic (exact) mass is 176 g/mol. The zero-order valence-electron chi connectivity index (χ0n) is 5.58. The van der Waals surface area contributed by atoms with Gasteiger partial charge in [0.15, 0.2) is 5.15 Å². The first-order valence-corrected chi connectivity index (χ1v) is 3.88. The van der Waals surface area contributed by atoms with Gasteiger partial charge in [0, 0.05) is 6.20 Å². The minimum atomic E-state index is 0.368. The van der Waals surface area contributed by atoms with Crippen LogP contribution in [0.15, 0.2) is 18.3 Å². The highest BCUT2D eigenvalue weighted by Crippen LogP contribution is 2.11. The average Bonchev–Trinajstić information content (AvgIpc) is 2.00. The van der Waals surface area contributed by atoms with Crippen LogP contribution in [0, 0.1) is 0 Å². The van der Waals surface area contributed by atoms with Gasteiger partial charge < -0.3 is 5.73 Å². The lowest BCUT2D eigenvalue weighted by Gasteiger charge is -1.90. The van der Waals surface area contributed by atoms with Crippen LogP contribution in [0.4, 0.5) is 5.69 Å². The second kappa shape index (κ2) is 5.38. The van der Waals surface area contributed by atoms with Gasteiger partial charge in [0.05, 0.1) is 5.69 Å². The van der Waals surface area contributed by atoms with Crippen molar-refractivity contribution in [1.29, 1.82) is 0 Å². The van der Waals surface area contributed by atoms with Gasteiger partial charge in [-0.2, -0.15) is 12.6 Å². The normalized spacial score (nSPS) is 7.90. The van der Waals surface area contributed by atoms with Crippen LogP contribution in [-0.2, 0) is 0 Å². The molecule has 0 saturated heterocycles. The fourth-order valence-corrected chi connectivity index (χ4v) is 0.518. The average molecular weight is 177 g/mol. The van der Waals surface area contributed by atoms with Crippen molar-refractivity contribution >= 4 is 29.9 Å². The maximum absolute atomic E-state index is 5.47. The zero-order valence-corrected chi connectivity index (χ0v) is 7.23. The van der Waals surface area contributed by atoms with E-state index in [-0.39, 0.29) is 0 Å². The van der Waals surface area contributed by atoms with E-state index < -0.39 is 0 Å². The van der Waals surface area contributed by atoms with E-state index in [0.29, 0.717) is 10.8 Å². The van der Waals surface area contributed by atoms with Crippen LogP contribution in [-0.4, -0.2) is 11.2 Å². The smallest absolute Gasteiger partial charge is 0.151 e. The molecule has 2 N–H and O–H groups in total. The summed E-state index contributed by atoms with van der Waals surface area (Å²) in [6.45, 7) is 0. The summed E-state index contributed by atoms with van der Waals surface area (Å²) in [7, 11) is 0. The van der Waals surface area contributed by atoms with Crippen molar-refractivity contribution in [2.24, 2.45) is 0 Å². The number of nitrogens with zero attached hydrogens (tertiary/aromatic N) is 1. The Morgan fingerprint density at radius 1 is 1.60 bits per heavy atom. The highest BCUT2D eigenvalue weighted by atomic mass is 35.5. The molecular formula is C6H9ClN2S. The molecule has 0 aliphatic heterocycles. The van der Waals surface area contributed by atoms with Gasteiger partial charge in [-0.15, -0.1) is 0 Å². The van der Waals surface area contributed by atoms with E-state index in [1.165, 1.54) is 0 Å². The SMILES string of the molecule is CS.Nc1cccnc1Cl. The highest BCUT2D eigenvalue weighted by molar-refractivity contribution is 7.79. The number of thiol groups is 1. The molecule has 0 fully saturated rings. The van der Waals surface area contributed by atoms with Gasteiger partial charge in [0.2, 0.25) is 0 Å². The first kappa shape index (κ1) is 9.59. The molecule has 0 spiro atoms. The fourth-order valence-electron chi connectivity index (χ4n) is 0.398. The standard InChI is InChI=1S/C5H5ClN2.CH4S/c6-5-4(7)2-1-3-8-5;1-2/h1-3H,7H2;2H,1H3. The molecule has 0 aliphatic carbocycles. The molecule has 0 bridgehead atoms. The van der Waals surface area contributed by atoms with Gasteiger partial charge in [-0.3, -0.25) is 0 Å². The minimum absolute atomic E-state index is 0.368. The molecule has 0 amide bonds. The molecule has 1 heterocycles. The van der Waals surface area contributed by atoms with E-state index in [1.54, 1.807) is 24.6 Å². The molecule has 0 aliphatic rings. The van der Waals surface area contributed by atoms with Crippen LogP contribution in [0.2, 0.25) is 5.15 Å². The molecule has 0 radical (unpaired) electrons. The van der Waals surface area contributed by atoms with Gasteiger partial charge in [-0.05, 0) is 18.4 Å². The van der Waals surface area contributed by atoms with E-state index in [1.807, 2.05) is 0 Å². The van der Waals surface area contributed by atoms with Crippen molar-refractivity contribution in [2.75, 3.05) is 12.0 Å². The molecule has 10 heavy (non-hydrogen) atoms. The largest absolute Gasteiger partial charge is 0.396 e. The predicted octanol–water partition coefficient (Wildman–Crippen LogP) is 1.86. The number of aromatic nitrogens is 1. The summed E-state index contributed by atoms with van der Waals surface area (Å²) in [4.78, 5) is 3.72. The van der Waals surface area contributed by atoms with Crippen molar-refractivity contribution in [3.05, 3.63) is 23.5 Å². The van der Waals surface area contributed by atoms with Crippen molar-refractivity contribution < 1.29 is 0 Å². The van der Waals surface area contributed by atoms with Gasteiger partial charge in [0.25, 0.3) is 0 Å². The van der Waals surface area contributed by atoms with E-state index in [2.05, 4.69) is 17.6 Å². The molecule has 1 rings (SSSR count). The topological polar surface area (TPSA) is 38.9 Å². The first-order valence-electron chi connectivity index (χ1n) is 2.61. The maximum atomic E-state index is 5.47. The highest BCUT2D eigenvalue weighted by Gasteiger charge is 1.89. The summed E-state index contributed by atoms with van der Waals surface area (Å²) in [5, 5.41) is 0.368. The van der Waals surface area contributed by atoms with Crippen molar-refractivity contribution in [2.45, 2.75) is 0 Å². The van der Waals surface area contributed by atoms with Crippen LogP contribution < -0.4 is 5.73 Å². The second-order valence-corrected chi connectivity index (χ2v) is 1.74. The lowest BCUT2D eigenvalue weighted by atomic mass is 10.4. The number of hydrogen-bond acceptors (Lipinski definition) is 3. The van der Waals surface area contributed by atoms with Crippen molar-refractivity contribution in [1.82, 2.24) is 4.98 Å². The second-order valence-electron chi connectivity index (χ2n) is 1.38. The summed E-state index contributed by atoms with van der Waals surface area (Å²) in [6, 6.07) is 3.44. The molecule has 1 aromatic heterocycles. The third-order valence-corrected chi connectivity index (χ3v) is 1.10. The van der Waals surface area contributed by atoms with Crippen LogP contribution in [0.5, 0.6) is 0 Å². The Kier molecular flexibility index (Phi) is 5.16. The summed E-state index contributed by atoms with van der Waals surface area (Å²) in [5.74, 6) is 0. The lowest BCUT2D eigenvalue weighted by molar-refractivity contribution is 1.33. The van der Waals surface area contributed by atoms with Crippen LogP contribution in [0.25, 0.3) is 0 Å². The Balaban J connectivity index is 0.000000371. The molecule has 56 valence electrons. The number of halogens is 1. The Bertz CT molecular complexity index is 172. The number of nitrogen functional groups attached to an aromatic ring is 1. The number of anilines is 1. The van der Waals surface area contributed by atoms with Gasteiger partial charge in [0.1, 0.15) is 0 Å². The molecule has 4 heteroatoms. The third kappa shape index (κ3) is 2.94. The zero-order chi connectivity index (χ0) is 7.98. The lowest BCUT2D eigenvalue weighted by Crippen LogP contribution is -1.85. The first-order chi connectivity index (χ1) is 4.80. The molecule has 0 saturated carbocycles. The van der Waals surface area contributed by atoms with Crippen molar-refractivity contribution in [3.63, 3.8) is 0 Å². The molecule has 0 atom stereocenters. The molecule has 1 aromatic rings. The van der Waals surface area contributed by atoms with E-state index in [4.69, 9.17) is 17.3 Å². The Morgan fingerprint density at radius 2 is 2.20 bits per heavy atom. The molecule has 2 nitrogen and oxygen atoms in total. The van der Waals surface area contributed by atoms with Gasteiger partial charge in [-0.1, -0.05) is 11.6 Å². The molecule has 0 aromatic carbocycles. The van der Waals surface area contributed by atoms with E-state index >= 15 is 0 Å². The Hall–Kier alpha value is -0.410. The molecule has 0 unspecified atom stereocenters. The fraction of sp³-hybridized carbons (Fsp3) is 0.167. The quantitative estimate of drug-likeness (QED) is 0.468. The Labute approximate surface area is 70.8 Å². The Morgan fingerprint density at radius 3 is 2.50 bits per heavy atom. The number of hydrogen-bond donors (Lipinski definition) is 2. The summed E-state index contributed by atoms with van der Waals surface area (Å²) < 4.78 is 0. The van der Waals surface area contributed by atoms with Gasteiger partial charge >= 0.3 is 0 Å². The van der Waals surface area contributed by atoms with Crippen molar-refractivity contribution in [3.8, 4) is 0 Å². The number of nitrogens with two attached hydrogens (primary N) is 1. The van der Waals surface area contributed by atoms with Crippen LogP contribution >= 0.6 is 24.2 Å². The minimum Gasteiger partial charge on any atom is -0.396 e. The summed E-state index contributed by atoms with van der Waals surface area (Å²) >= 11 is 9.00. The van der Waals surface area contributed by atoms with Crippen LogP contribution in [0.3, 0.4) is 0 Å². The predicted molar refractivity (Wildman–Crippen MR) is 48.6 cm³/mol. The van der Waals surface area contributed by atoms with E-state index in [0.717, 1.165) is 0 Å². The van der Waals surface area contributed by atoms with Gasteiger partial charge in [-0.25, -0.2) is 4.98 Å². The maximum Gasteiger partial charge on any atom is 0.151 e. The molecular weight excluding hydrogens is 168 g/mol. The number of pyridine rings is 1. The third-order valence-electron chi connectivity index (χ3n) is 0.788. The number of rotatable bonds is 0. The summed E-state index contributed by atoms with van der Waals surface area (Å²) in [5.41, 5.74) is 5.85. The summed E-state index contributed by atoms with van der Waals surface area (Å²) in [6.07, 6.45) is 3.29.